The van der Waals surface area contributed by atoms with E-state index in [1.54, 1.807) is 6.20 Å². The zero-order chi connectivity index (χ0) is 23.4. The van der Waals surface area contributed by atoms with E-state index in [4.69, 9.17) is 23.2 Å². The molecule has 8 heteroatoms. The minimum absolute atomic E-state index is 0. The number of anilines is 1. The predicted octanol–water partition coefficient (Wildman–Crippen LogP) is 7.38. The molecular weight excluding hydrogens is 524 g/mol. The number of nitrogens with zero attached hydrogens (tertiary/aromatic N) is 3. The number of amides is 1. The summed E-state index contributed by atoms with van der Waals surface area (Å²) in [5, 5.41) is 1.08. The van der Waals surface area contributed by atoms with Crippen molar-refractivity contribution in [2.24, 2.45) is 0 Å². The van der Waals surface area contributed by atoms with Gasteiger partial charge in [0.15, 0.2) is 0 Å². The predicted molar refractivity (Wildman–Crippen MR) is 151 cm³/mol. The van der Waals surface area contributed by atoms with Crippen molar-refractivity contribution >= 4 is 59.7 Å². The maximum Gasteiger partial charge on any atom is 0.228 e. The van der Waals surface area contributed by atoms with Gasteiger partial charge >= 0.3 is 0 Å². The van der Waals surface area contributed by atoms with Crippen LogP contribution in [0.5, 0.6) is 0 Å². The van der Waals surface area contributed by atoms with Crippen molar-refractivity contribution in [2.75, 3.05) is 25.0 Å². The molecule has 0 aliphatic carbocycles. The SMILES string of the molecule is C[C@H](c1ccccc1)N(C)CC[C@]1(c2ccc(Cl)c(Cl)c2)CCC(=O)N(c2ccccn2)C1.Cl.Cl. The first-order valence-corrected chi connectivity index (χ1v) is 12.1. The Morgan fingerprint density at radius 2 is 1.74 bits per heavy atom. The second-order valence-corrected chi connectivity index (χ2v) is 9.71. The van der Waals surface area contributed by atoms with Crippen LogP contribution >= 0.6 is 48.0 Å². The molecule has 35 heavy (non-hydrogen) atoms. The van der Waals surface area contributed by atoms with E-state index >= 15 is 0 Å². The molecule has 4 rings (SSSR count). The third-order valence-electron chi connectivity index (χ3n) is 6.92. The van der Waals surface area contributed by atoms with Crippen molar-refractivity contribution in [1.82, 2.24) is 9.88 Å². The van der Waals surface area contributed by atoms with E-state index in [1.807, 2.05) is 41.3 Å². The molecule has 0 saturated carbocycles. The number of benzene rings is 2. The number of piperidine rings is 1. The molecule has 1 saturated heterocycles. The van der Waals surface area contributed by atoms with Gasteiger partial charge in [0.1, 0.15) is 5.82 Å². The van der Waals surface area contributed by atoms with Gasteiger partial charge in [-0.1, -0.05) is 65.7 Å². The average Bonchev–Trinajstić information content (AvgIpc) is 2.86. The van der Waals surface area contributed by atoms with Crippen LogP contribution in [0, 0.1) is 0 Å². The molecule has 1 aromatic heterocycles. The van der Waals surface area contributed by atoms with Gasteiger partial charge in [-0.3, -0.25) is 14.6 Å². The van der Waals surface area contributed by atoms with Gasteiger partial charge < -0.3 is 0 Å². The number of carbonyl (C=O) groups is 1. The molecule has 1 aliphatic heterocycles. The van der Waals surface area contributed by atoms with Crippen LogP contribution < -0.4 is 4.90 Å². The molecule has 0 bridgehead atoms. The van der Waals surface area contributed by atoms with Crippen molar-refractivity contribution in [3.63, 3.8) is 0 Å². The van der Waals surface area contributed by atoms with Crippen molar-refractivity contribution in [3.05, 3.63) is 94.1 Å². The van der Waals surface area contributed by atoms with Crippen LogP contribution in [0.25, 0.3) is 0 Å². The molecule has 1 fully saturated rings. The van der Waals surface area contributed by atoms with Crippen LogP contribution in [0.15, 0.2) is 72.9 Å². The van der Waals surface area contributed by atoms with E-state index in [0.29, 0.717) is 28.8 Å². The zero-order valence-corrected chi connectivity index (χ0v) is 23.0. The van der Waals surface area contributed by atoms with E-state index in [0.717, 1.165) is 24.9 Å². The monoisotopic (exact) mass is 553 g/mol. The summed E-state index contributed by atoms with van der Waals surface area (Å²) >= 11 is 12.7. The van der Waals surface area contributed by atoms with Gasteiger partial charge in [-0.2, -0.15) is 0 Å². The summed E-state index contributed by atoms with van der Waals surface area (Å²) in [4.78, 5) is 21.5. The lowest BCUT2D eigenvalue weighted by atomic mass is 9.71. The smallest absolute Gasteiger partial charge is 0.228 e. The van der Waals surface area contributed by atoms with Crippen molar-refractivity contribution in [2.45, 2.75) is 37.6 Å². The normalized spacial score (nSPS) is 18.5. The lowest BCUT2D eigenvalue weighted by molar-refractivity contribution is -0.120. The summed E-state index contributed by atoms with van der Waals surface area (Å²) in [5.74, 6) is 0.799. The van der Waals surface area contributed by atoms with E-state index in [1.165, 1.54) is 5.56 Å². The second-order valence-electron chi connectivity index (χ2n) is 8.89. The van der Waals surface area contributed by atoms with Gasteiger partial charge in [0.05, 0.1) is 10.0 Å². The first kappa shape index (κ1) is 29.4. The van der Waals surface area contributed by atoms with Crippen LogP contribution in [0.2, 0.25) is 10.0 Å². The number of hydrogen-bond acceptors (Lipinski definition) is 3. The number of rotatable bonds is 7. The Balaban J connectivity index is 0.00000216. The molecule has 2 heterocycles. The quantitative estimate of drug-likeness (QED) is 0.305. The Bertz CT molecular complexity index is 1100. The van der Waals surface area contributed by atoms with Crippen molar-refractivity contribution in [3.8, 4) is 0 Å². The molecule has 0 spiro atoms. The number of aromatic nitrogens is 1. The molecule has 1 amide bonds. The van der Waals surface area contributed by atoms with Gasteiger partial charge in [0.2, 0.25) is 5.91 Å². The lowest BCUT2D eigenvalue weighted by Crippen LogP contribution is -2.50. The van der Waals surface area contributed by atoms with Gasteiger partial charge in [-0.05, 0) is 68.8 Å². The van der Waals surface area contributed by atoms with Crippen LogP contribution in [0.3, 0.4) is 0 Å². The van der Waals surface area contributed by atoms with Crippen molar-refractivity contribution < 1.29 is 4.79 Å². The summed E-state index contributed by atoms with van der Waals surface area (Å²) in [5.41, 5.74) is 2.16. The van der Waals surface area contributed by atoms with Crippen LogP contribution in [0.4, 0.5) is 5.82 Å². The molecular formula is C27H31Cl4N3O. The summed E-state index contributed by atoms with van der Waals surface area (Å²) in [6, 6.07) is 22.4. The highest BCUT2D eigenvalue weighted by Crippen LogP contribution is 2.41. The Hall–Kier alpha value is -1.82. The number of halogens is 4. The first-order valence-electron chi connectivity index (χ1n) is 11.3. The van der Waals surface area contributed by atoms with Crippen LogP contribution in [-0.2, 0) is 10.2 Å². The second kappa shape index (κ2) is 12.9. The average molecular weight is 555 g/mol. The Morgan fingerprint density at radius 3 is 2.40 bits per heavy atom. The van der Waals surface area contributed by atoms with E-state index in [2.05, 4.69) is 54.2 Å². The van der Waals surface area contributed by atoms with Gasteiger partial charge in [0, 0.05) is 30.6 Å². The Morgan fingerprint density at radius 1 is 1.03 bits per heavy atom. The zero-order valence-electron chi connectivity index (χ0n) is 19.9. The molecule has 1 aliphatic rings. The molecule has 0 radical (unpaired) electrons. The minimum atomic E-state index is -0.246. The minimum Gasteiger partial charge on any atom is -0.300 e. The van der Waals surface area contributed by atoms with E-state index < -0.39 is 0 Å². The van der Waals surface area contributed by atoms with Gasteiger partial charge in [-0.25, -0.2) is 4.98 Å². The molecule has 0 unspecified atom stereocenters. The maximum absolute atomic E-state index is 12.9. The Kier molecular flexibility index (Phi) is 10.9. The fourth-order valence-electron chi connectivity index (χ4n) is 4.65. The fraction of sp³-hybridized carbons (Fsp3) is 0.333. The highest BCUT2D eigenvalue weighted by Gasteiger charge is 2.41. The van der Waals surface area contributed by atoms with E-state index in [9.17, 15) is 4.79 Å². The number of pyridine rings is 1. The first-order chi connectivity index (χ1) is 15.9. The summed E-state index contributed by atoms with van der Waals surface area (Å²) in [6.07, 6.45) is 3.85. The van der Waals surface area contributed by atoms with Crippen molar-refractivity contribution in [1.29, 1.82) is 0 Å². The van der Waals surface area contributed by atoms with Crippen LogP contribution in [0.1, 0.15) is 43.4 Å². The summed E-state index contributed by atoms with van der Waals surface area (Å²) < 4.78 is 0. The van der Waals surface area contributed by atoms with Gasteiger partial charge in [0.25, 0.3) is 0 Å². The lowest BCUT2D eigenvalue weighted by Gasteiger charge is -2.44. The number of carbonyl (C=O) groups excluding carboxylic acids is 1. The topological polar surface area (TPSA) is 36.4 Å². The number of hydrogen-bond donors (Lipinski definition) is 0. The van der Waals surface area contributed by atoms with Crippen LogP contribution in [-0.4, -0.2) is 35.9 Å². The molecule has 0 N–H and O–H groups in total. The Labute approximate surface area is 230 Å². The molecule has 2 aromatic carbocycles. The largest absolute Gasteiger partial charge is 0.300 e. The third kappa shape index (κ3) is 6.69. The van der Waals surface area contributed by atoms with Gasteiger partial charge in [-0.15, -0.1) is 24.8 Å². The molecule has 3 aromatic rings. The maximum atomic E-state index is 12.9. The fourth-order valence-corrected chi connectivity index (χ4v) is 4.95. The molecule has 188 valence electrons. The van der Waals surface area contributed by atoms with E-state index in [-0.39, 0.29) is 42.2 Å². The third-order valence-corrected chi connectivity index (χ3v) is 7.66. The molecule has 2 atom stereocenters. The summed E-state index contributed by atoms with van der Waals surface area (Å²) in [6.45, 7) is 3.67. The summed E-state index contributed by atoms with van der Waals surface area (Å²) in [7, 11) is 2.16. The standard InChI is InChI=1S/C27H29Cl2N3O.2ClH/c1-20(21-8-4-3-5-9-21)31(2)17-15-27(22-11-12-23(28)24(29)18-22)14-13-26(33)32(19-27)25-10-6-7-16-30-25;;/h3-12,16,18,20H,13-15,17,19H2,1-2H3;2*1H/t20-,27-;;/m1../s1. The highest BCUT2D eigenvalue weighted by molar-refractivity contribution is 6.42. The highest BCUT2D eigenvalue weighted by atomic mass is 35.5. The molecule has 4 nitrogen and oxygen atoms in total.